The van der Waals surface area contributed by atoms with E-state index in [2.05, 4.69) is 219 Å². The summed E-state index contributed by atoms with van der Waals surface area (Å²) >= 11 is 0. The van der Waals surface area contributed by atoms with Crippen molar-refractivity contribution in [1.29, 1.82) is 0 Å². The van der Waals surface area contributed by atoms with Crippen LogP contribution >= 0.6 is 0 Å². The highest BCUT2D eigenvalue weighted by atomic mass is 15.0. The highest BCUT2D eigenvalue weighted by Gasteiger charge is 2.37. The largest absolute Gasteiger partial charge is 0.309 e. The third-order valence-corrected chi connectivity index (χ3v) is 13.2. The van der Waals surface area contributed by atoms with Crippen molar-refractivity contribution >= 4 is 43.6 Å². The Morgan fingerprint density at radius 3 is 1.36 bits per heavy atom. The van der Waals surface area contributed by atoms with Gasteiger partial charge in [-0.1, -0.05) is 143 Å². The topological polar surface area (TPSA) is 9.86 Å². The van der Waals surface area contributed by atoms with E-state index < -0.39 is 0 Å². The lowest BCUT2D eigenvalue weighted by atomic mass is 9.63. The van der Waals surface area contributed by atoms with Crippen LogP contribution in [0.5, 0.6) is 0 Å². The lowest BCUT2D eigenvalue weighted by Gasteiger charge is -2.42. The summed E-state index contributed by atoms with van der Waals surface area (Å²) in [5.74, 6) is 0. The first-order valence-electron chi connectivity index (χ1n) is 20.7. The van der Waals surface area contributed by atoms with Gasteiger partial charge in [0.25, 0.3) is 0 Å². The van der Waals surface area contributed by atoms with E-state index in [1.165, 1.54) is 107 Å². The Morgan fingerprint density at radius 1 is 0.310 bits per heavy atom. The summed E-state index contributed by atoms with van der Waals surface area (Å²) in [5.41, 5.74) is 18.0. The van der Waals surface area contributed by atoms with Gasteiger partial charge in [0.15, 0.2) is 0 Å². The molecule has 2 nitrogen and oxygen atoms in total. The molecule has 0 atom stereocenters. The number of hydrogen-bond acceptors (Lipinski definition) is 0. The van der Waals surface area contributed by atoms with E-state index in [0.717, 1.165) is 5.69 Å². The molecule has 2 heterocycles. The predicted molar refractivity (Wildman–Crippen MR) is 247 cm³/mol. The van der Waals surface area contributed by atoms with Crippen LogP contribution in [0.2, 0.25) is 0 Å². The monoisotopic (exact) mass is 746 g/mol. The van der Waals surface area contributed by atoms with Crippen LogP contribution < -0.4 is 0 Å². The Bertz CT molecular complexity index is 3220. The third kappa shape index (κ3) is 5.46. The standard InChI is InChI=1S/C56H46N2/c1-55(2)30-31-56(3,4)50-36-42(24-27-49(50)55)38-15-12-14-37(32-38)39-16-13-19-44(33-39)58-52-23-11-9-21-46(52)48-35-41(26-29-54(48)58)40-25-28-53-47(34-40)45-20-8-10-22-51(45)57(53)43-17-6-5-7-18-43/h5-29,32-36H,30-31H2,1-4H3. The van der Waals surface area contributed by atoms with E-state index in [9.17, 15) is 0 Å². The van der Waals surface area contributed by atoms with Crippen LogP contribution in [0, 0.1) is 0 Å². The first-order chi connectivity index (χ1) is 28.2. The first kappa shape index (κ1) is 34.6. The minimum absolute atomic E-state index is 0.174. The van der Waals surface area contributed by atoms with Crippen molar-refractivity contribution in [3.05, 3.63) is 193 Å². The molecule has 58 heavy (non-hydrogen) atoms. The molecule has 0 fully saturated rings. The fourth-order valence-electron chi connectivity index (χ4n) is 9.91. The van der Waals surface area contributed by atoms with Crippen molar-refractivity contribution in [2.45, 2.75) is 51.4 Å². The van der Waals surface area contributed by atoms with Gasteiger partial charge in [0.1, 0.15) is 0 Å². The van der Waals surface area contributed by atoms with E-state index in [4.69, 9.17) is 0 Å². The van der Waals surface area contributed by atoms with Crippen LogP contribution in [0.15, 0.2) is 182 Å². The molecular weight excluding hydrogens is 701 g/mol. The van der Waals surface area contributed by atoms with Gasteiger partial charge in [-0.25, -0.2) is 0 Å². The van der Waals surface area contributed by atoms with Gasteiger partial charge in [-0.15, -0.1) is 0 Å². The molecule has 2 aromatic heterocycles. The SMILES string of the molecule is CC1(C)CCC(C)(C)c2cc(-c3cccc(-c4cccc(-n5c6ccccc6c6cc(-c7ccc8c(c7)c7ccccc7n8-c7ccccc7)ccc65)c4)c3)ccc21. The number of nitrogens with zero attached hydrogens (tertiary/aromatic N) is 2. The Hall–Kier alpha value is -6.64. The molecule has 1 aliphatic rings. The Morgan fingerprint density at radius 2 is 0.741 bits per heavy atom. The van der Waals surface area contributed by atoms with Gasteiger partial charge in [0.2, 0.25) is 0 Å². The number of rotatable bonds is 5. The average Bonchev–Trinajstić information content (AvgIpc) is 3.78. The first-order valence-corrected chi connectivity index (χ1v) is 20.7. The molecule has 0 amide bonds. The zero-order valence-electron chi connectivity index (χ0n) is 33.6. The maximum absolute atomic E-state index is 2.47. The lowest BCUT2D eigenvalue weighted by molar-refractivity contribution is 0.332. The molecule has 0 saturated heterocycles. The summed E-state index contributed by atoms with van der Waals surface area (Å²) in [6.07, 6.45) is 2.44. The highest BCUT2D eigenvalue weighted by Crippen LogP contribution is 2.47. The average molecular weight is 747 g/mol. The van der Waals surface area contributed by atoms with E-state index in [1.807, 2.05) is 0 Å². The summed E-state index contributed by atoms with van der Waals surface area (Å²) < 4.78 is 4.82. The summed E-state index contributed by atoms with van der Waals surface area (Å²) in [6.45, 7) is 9.62. The van der Waals surface area contributed by atoms with E-state index in [0.29, 0.717) is 0 Å². The molecule has 2 heteroatoms. The number of benzene rings is 8. The van der Waals surface area contributed by atoms with Crippen LogP contribution in [0.25, 0.3) is 88.4 Å². The third-order valence-electron chi connectivity index (χ3n) is 13.2. The Kier molecular flexibility index (Phi) is 7.72. The maximum atomic E-state index is 2.47. The summed E-state index contributed by atoms with van der Waals surface area (Å²) in [6, 6.07) is 67.6. The molecule has 0 saturated carbocycles. The molecule has 1 aliphatic carbocycles. The Labute approximate surface area is 340 Å². The fourth-order valence-corrected chi connectivity index (χ4v) is 9.91. The van der Waals surface area contributed by atoms with E-state index >= 15 is 0 Å². The second-order valence-electron chi connectivity index (χ2n) is 17.7. The van der Waals surface area contributed by atoms with Crippen LogP contribution in [0.3, 0.4) is 0 Å². The molecule has 0 N–H and O–H groups in total. The number of aromatic nitrogens is 2. The van der Waals surface area contributed by atoms with Gasteiger partial charge in [-0.2, -0.15) is 0 Å². The molecule has 11 rings (SSSR count). The van der Waals surface area contributed by atoms with Crippen molar-refractivity contribution in [2.24, 2.45) is 0 Å². The second kappa shape index (κ2) is 12.9. The molecule has 10 aromatic rings. The zero-order chi connectivity index (χ0) is 39.2. The summed E-state index contributed by atoms with van der Waals surface area (Å²) in [7, 11) is 0. The predicted octanol–water partition coefficient (Wildman–Crippen LogP) is 15.2. The molecular formula is C56H46N2. The van der Waals surface area contributed by atoms with Crippen molar-refractivity contribution in [3.8, 4) is 44.8 Å². The molecule has 0 bridgehead atoms. The summed E-state index contributed by atoms with van der Waals surface area (Å²) in [5, 5.41) is 5.04. The molecule has 0 radical (unpaired) electrons. The Balaban J connectivity index is 0.995. The van der Waals surface area contributed by atoms with Crippen LogP contribution in [-0.4, -0.2) is 9.13 Å². The van der Waals surface area contributed by atoms with E-state index in [1.54, 1.807) is 0 Å². The van der Waals surface area contributed by atoms with Gasteiger partial charge < -0.3 is 9.13 Å². The van der Waals surface area contributed by atoms with Crippen molar-refractivity contribution in [1.82, 2.24) is 9.13 Å². The fraction of sp³-hybridized carbons (Fsp3) is 0.143. The van der Waals surface area contributed by atoms with Crippen molar-refractivity contribution in [3.63, 3.8) is 0 Å². The van der Waals surface area contributed by atoms with Gasteiger partial charge in [0, 0.05) is 32.9 Å². The smallest absolute Gasteiger partial charge is 0.0541 e. The molecule has 0 spiro atoms. The lowest BCUT2D eigenvalue weighted by Crippen LogP contribution is -2.33. The number of para-hydroxylation sites is 3. The minimum Gasteiger partial charge on any atom is -0.309 e. The van der Waals surface area contributed by atoms with Gasteiger partial charge in [0.05, 0.1) is 22.1 Å². The molecule has 8 aromatic carbocycles. The number of hydrogen-bond donors (Lipinski definition) is 0. The van der Waals surface area contributed by atoms with Gasteiger partial charge in [-0.05, 0) is 135 Å². The van der Waals surface area contributed by atoms with Gasteiger partial charge >= 0.3 is 0 Å². The maximum Gasteiger partial charge on any atom is 0.0541 e. The minimum atomic E-state index is 0.174. The molecule has 280 valence electrons. The van der Waals surface area contributed by atoms with Crippen LogP contribution in [0.4, 0.5) is 0 Å². The quantitative estimate of drug-likeness (QED) is 0.166. The zero-order valence-corrected chi connectivity index (χ0v) is 33.6. The molecule has 0 aliphatic heterocycles. The second-order valence-corrected chi connectivity index (χ2v) is 17.7. The van der Waals surface area contributed by atoms with Crippen molar-refractivity contribution < 1.29 is 0 Å². The van der Waals surface area contributed by atoms with Crippen LogP contribution in [0.1, 0.15) is 51.7 Å². The van der Waals surface area contributed by atoms with Crippen molar-refractivity contribution in [2.75, 3.05) is 0 Å². The highest BCUT2D eigenvalue weighted by molar-refractivity contribution is 6.12. The van der Waals surface area contributed by atoms with E-state index in [-0.39, 0.29) is 10.8 Å². The molecule has 0 unspecified atom stereocenters. The normalized spacial score (nSPS) is 14.7. The number of fused-ring (bicyclic) bond motifs is 7. The van der Waals surface area contributed by atoms with Gasteiger partial charge in [-0.3, -0.25) is 0 Å². The van der Waals surface area contributed by atoms with Crippen LogP contribution in [-0.2, 0) is 10.8 Å². The summed E-state index contributed by atoms with van der Waals surface area (Å²) in [4.78, 5) is 0.